The van der Waals surface area contributed by atoms with Gasteiger partial charge >= 0.3 is 5.97 Å². The number of hydrogen-bond acceptors (Lipinski definition) is 8. The molecule has 0 fully saturated rings. The molecular formula is C22H33N9O6. The molecule has 0 aliphatic carbocycles. The SMILES string of the molecule is CC(C)C(N)C(=O)NC(Cc1cnc[nH]1)C(=O)NC(CCC(N)=O)C(=O)NC(Cc1cnc[nH]1)C(=O)O. The minimum Gasteiger partial charge on any atom is -0.480 e. The third-order valence-corrected chi connectivity index (χ3v) is 5.54. The molecule has 0 bridgehead atoms. The Morgan fingerprint density at radius 2 is 1.35 bits per heavy atom. The lowest BCUT2D eigenvalue weighted by molar-refractivity contribution is -0.142. The number of imidazole rings is 2. The van der Waals surface area contributed by atoms with Crippen LogP contribution in [-0.4, -0.2) is 78.8 Å². The van der Waals surface area contributed by atoms with E-state index in [1.807, 2.05) is 0 Å². The Morgan fingerprint density at radius 1 is 0.865 bits per heavy atom. The van der Waals surface area contributed by atoms with E-state index in [0.717, 1.165) is 0 Å². The Kier molecular flexibility index (Phi) is 10.7. The Labute approximate surface area is 212 Å². The molecule has 2 aromatic rings. The lowest BCUT2D eigenvalue weighted by Gasteiger charge is -2.25. The van der Waals surface area contributed by atoms with Crippen LogP contribution < -0.4 is 27.4 Å². The largest absolute Gasteiger partial charge is 0.480 e. The summed E-state index contributed by atoms with van der Waals surface area (Å²) >= 11 is 0. The monoisotopic (exact) mass is 519 g/mol. The normalized spacial score (nSPS) is 14.3. The van der Waals surface area contributed by atoms with Crippen molar-refractivity contribution in [3.05, 3.63) is 36.4 Å². The average Bonchev–Trinajstić information content (AvgIpc) is 3.54. The minimum atomic E-state index is -1.34. The van der Waals surface area contributed by atoms with Crippen LogP contribution in [0.25, 0.3) is 0 Å². The zero-order chi connectivity index (χ0) is 27.5. The van der Waals surface area contributed by atoms with Crippen molar-refractivity contribution in [2.45, 2.75) is 63.7 Å². The summed E-state index contributed by atoms with van der Waals surface area (Å²) in [5, 5.41) is 17.0. The highest BCUT2D eigenvalue weighted by Crippen LogP contribution is 2.06. The number of carboxylic acids is 1. The van der Waals surface area contributed by atoms with Crippen LogP contribution in [0.5, 0.6) is 0 Å². The quantitative estimate of drug-likeness (QED) is 0.126. The number of nitrogens with one attached hydrogen (secondary N) is 5. The number of carbonyl (C=O) groups is 5. The molecule has 0 saturated heterocycles. The molecule has 15 heteroatoms. The number of aromatic nitrogens is 4. The maximum atomic E-state index is 13.2. The van der Waals surface area contributed by atoms with Crippen LogP contribution in [-0.2, 0) is 36.8 Å². The van der Waals surface area contributed by atoms with E-state index in [1.165, 1.54) is 25.0 Å². The molecule has 37 heavy (non-hydrogen) atoms. The van der Waals surface area contributed by atoms with Gasteiger partial charge in [0.25, 0.3) is 0 Å². The number of amides is 4. The number of H-pyrrole nitrogens is 2. The molecule has 2 aromatic heterocycles. The fourth-order valence-electron chi connectivity index (χ4n) is 3.31. The van der Waals surface area contributed by atoms with Gasteiger partial charge < -0.3 is 42.5 Å². The number of aliphatic carboxylic acids is 1. The molecule has 2 rings (SSSR count). The van der Waals surface area contributed by atoms with Crippen molar-refractivity contribution in [3.63, 3.8) is 0 Å². The molecule has 4 unspecified atom stereocenters. The summed E-state index contributed by atoms with van der Waals surface area (Å²) in [6.45, 7) is 3.50. The predicted molar refractivity (Wildman–Crippen MR) is 129 cm³/mol. The number of carboxylic acid groups (broad SMARTS) is 1. The summed E-state index contributed by atoms with van der Waals surface area (Å²) in [5.41, 5.74) is 12.1. The van der Waals surface area contributed by atoms with Crippen LogP contribution in [0, 0.1) is 5.92 Å². The van der Waals surface area contributed by atoms with Gasteiger partial charge in [0.05, 0.1) is 18.7 Å². The van der Waals surface area contributed by atoms with Gasteiger partial charge in [-0.05, 0) is 12.3 Å². The molecule has 0 spiro atoms. The third-order valence-electron chi connectivity index (χ3n) is 5.54. The summed E-state index contributed by atoms with van der Waals surface area (Å²) in [7, 11) is 0. The van der Waals surface area contributed by atoms with Gasteiger partial charge in [0, 0.05) is 43.0 Å². The van der Waals surface area contributed by atoms with Gasteiger partial charge in [-0.15, -0.1) is 0 Å². The first-order valence-electron chi connectivity index (χ1n) is 11.6. The van der Waals surface area contributed by atoms with E-state index in [4.69, 9.17) is 11.5 Å². The molecule has 4 amide bonds. The number of nitrogens with two attached hydrogens (primary N) is 2. The summed E-state index contributed by atoms with van der Waals surface area (Å²) in [6.07, 6.45) is 5.11. The molecule has 0 saturated carbocycles. The van der Waals surface area contributed by atoms with Crippen molar-refractivity contribution in [1.29, 1.82) is 0 Å². The van der Waals surface area contributed by atoms with Crippen molar-refractivity contribution < 1.29 is 29.1 Å². The molecule has 2 heterocycles. The number of carbonyl (C=O) groups excluding carboxylic acids is 4. The molecule has 4 atom stereocenters. The van der Waals surface area contributed by atoms with Gasteiger partial charge in [-0.25, -0.2) is 14.8 Å². The van der Waals surface area contributed by atoms with E-state index >= 15 is 0 Å². The van der Waals surface area contributed by atoms with Gasteiger partial charge in [-0.2, -0.15) is 0 Å². The lowest BCUT2D eigenvalue weighted by Crippen LogP contribution is -2.58. The van der Waals surface area contributed by atoms with Crippen molar-refractivity contribution in [3.8, 4) is 0 Å². The second-order valence-corrected chi connectivity index (χ2v) is 8.86. The topological polar surface area (TPSA) is 251 Å². The van der Waals surface area contributed by atoms with E-state index in [9.17, 15) is 29.1 Å². The van der Waals surface area contributed by atoms with Crippen LogP contribution in [0.2, 0.25) is 0 Å². The zero-order valence-electron chi connectivity index (χ0n) is 20.6. The van der Waals surface area contributed by atoms with E-state index in [1.54, 1.807) is 13.8 Å². The molecule has 0 aliphatic rings. The van der Waals surface area contributed by atoms with E-state index < -0.39 is 53.8 Å². The van der Waals surface area contributed by atoms with Crippen molar-refractivity contribution in [2.24, 2.45) is 17.4 Å². The number of aromatic amines is 2. The van der Waals surface area contributed by atoms with Gasteiger partial charge in [-0.3, -0.25) is 19.2 Å². The number of nitrogens with zero attached hydrogens (tertiary/aromatic N) is 2. The smallest absolute Gasteiger partial charge is 0.326 e. The van der Waals surface area contributed by atoms with Crippen LogP contribution in [0.1, 0.15) is 38.1 Å². The van der Waals surface area contributed by atoms with Crippen LogP contribution >= 0.6 is 0 Å². The van der Waals surface area contributed by atoms with Gasteiger partial charge in [0.2, 0.25) is 23.6 Å². The third kappa shape index (κ3) is 9.36. The van der Waals surface area contributed by atoms with Crippen LogP contribution in [0.3, 0.4) is 0 Å². The summed E-state index contributed by atoms with van der Waals surface area (Å²) in [6, 6.07) is -4.69. The highest BCUT2D eigenvalue weighted by molar-refractivity contribution is 5.94. The molecule has 10 N–H and O–H groups in total. The lowest BCUT2D eigenvalue weighted by atomic mass is 10.0. The Hall–Kier alpha value is -4.27. The molecule has 202 valence electrons. The first kappa shape index (κ1) is 29.0. The molecule has 0 radical (unpaired) electrons. The van der Waals surface area contributed by atoms with Crippen LogP contribution in [0.4, 0.5) is 0 Å². The predicted octanol–water partition coefficient (Wildman–Crippen LogP) is -2.29. The van der Waals surface area contributed by atoms with E-state index in [-0.39, 0.29) is 31.6 Å². The van der Waals surface area contributed by atoms with Crippen molar-refractivity contribution in [2.75, 3.05) is 0 Å². The highest BCUT2D eigenvalue weighted by atomic mass is 16.4. The van der Waals surface area contributed by atoms with Crippen molar-refractivity contribution in [1.82, 2.24) is 35.9 Å². The summed E-state index contributed by atoms with van der Waals surface area (Å²) < 4.78 is 0. The minimum absolute atomic E-state index is 0.00409. The number of primary amides is 1. The van der Waals surface area contributed by atoms with Gasteiger partial charge in [-0.1, -0.05) is 13.8 Å². The average molecular weight is 520 g/mol. The number of hydrogen-bond donors (Lipinski definition) is 8. The fourth-order valence-corrected chi connectivity index (χ4v) is 3.31. The summed E-state index contributed by atoms with van der Waals surface area (Å²) in [5.74, 6) is -4.39. The summed E-state index contributed by atoms with van der Waals surface area (Å²) in [4.78, 5) is 75.2. The molecule has 0 aliphatic heterocycles. The Bertz CT molecular complexity index is 1050. The standard InChI is InChI=1S/C22H33N9O6/c1-11(2)18(24)21(35)30-15(5-12-7-25-9-27-12)20(34)29-14(3-4-17(23)32)19(33)31-16(22(36)37)6-13-8-26-10-28-13/h7-11,14-16,18H,3-6,24H2,1-2H3,(H2,23,32)(H,25,27)(H,26,28)(H,29,34)(H,30,35)(H,31,33)(H,36,37). The maximum absolute atomic E-state index is 13.2. The highest BCUT2D eigenvalue weighted by Gasteiger charge is 2.31. The molecule has 0 aromatic carbocycles. The second kappa shape index (κ2) is 13.7. The van der Waals surface area contributed by atoms with E-state index in [0.29, 0.717) is 11.4 Å². The maximum Gasteiger partial charge on any atom is 0.326 e. The first-order valence-corrected chi connectivity index (χ1v) is 11.6. The second-order valence-electron chi connectivity index (χ2n) is 8.86. The van der Waals surface area contributed by atoms with E-state index in [2.05, 4.69) is 35.9 Å². The zero-order valence-corrected chi connectivity index (χ0v) is 20.6. The Morgan fingerprint density at radius 3 is 1.81 bits per heavy atom. The molecule has 15 nitrogen and oxygen atoms in total. The number of rotatable bonds is 15. The van der Waals surface area contributed by atoms with Gasteiger partial charge in [0.15, 0.2) is 0 Å². The first-order chi connectivity index (χ1) is 17.5. The Balaban J connectivity index is 2.20. The van der Waals surface area contributed by atoms with Gasteiger partial charge in [0.1, 0.15) is 18.1 Å². The van der Waals surface area contributed by atoms with Crippen LogP contribution in [0.15, 0.2) is 25.0 Å². The van der Waals surface area contributed by atoms with Crippen molar-refractivity contribution >= 4 is 29.6 Å². The fraction of sp³-hybridized carbons (Fsp3) is 0.500. The molecular weight excluding hydrogens is 486 g/mol.